The molecular formula is C14H18N2O. The molecule has 3 nitrogen and oxygen atoms in total. The lowest BCUT2D eigenvalue weighted by molar-refractivity contribution is 0.251. The van der Waals surface area contributed by atoms with Crippen LogP contribution >= 0.6 is 0 Å². The van der Waals surface area contributed by atoms with E-state index in [-0.39, 0.29) is 0 Å². The molecule has 1 aliphatic carbocycles. The van der Waals surface area contributed by atoms with Crippen LogP contribution in [0.4, 0.5) is 0 Å². The summed E-state index contributed by atoms with van der Waals surface area (Å²) in [6, 6.07) is 3.52. The fourth-order valence-electron chi connectivity index (χ4n) is 2.70. The molecule has 90 valence electrons. The number of aromatic nitrogens is 1. The summed E-state index contributed by atoms with van der Waals surface area (Å²) >= 11 is 0. The van der Waals surface area contributed by atoms with Crippen molar-refractivity contribution in [3.8, 4) is 5.75 Å². The van der Waals surface area contributed by atoms with Crippen LogP contribution in [-0.4, -0.2) is 24.2 Å². The van der Waals surface area contributed by atoms with Crippen LogP contribution in [-0.2, 0) is 0 Å². The molecule has 1 fully saturated rings. The summed E-state index contributed by atoms with van der Waals surface area (Å²) in [6.07, 6.45) is 10.9. The molecule has 3 heteroatoms. The van der Waals surface area contributed by atoms with E-state index < -0.39 is 0 Å². The van der Waals surface area contributed by atoms with Crippen LogP contribution in [0, 0.1) is 0 Å². The van der Waals surface area contributed by atoms with E-state index in [4.69, 9.17) is 4.74 Å². The van der Waals surface area contributed by atoms with Crippen molar-refractivity contribution in [1.82, 2.24) is 10.3 Å². The Labute approximate surface area is 102 Å². The highest BCUT2D eigenvalue weighted by atomic mass is 16.5. The first kappa shape index (κ1) is 10.8. The Balaban J connectivity index is 1.83. The number of nitrogens with zero attached hydrogens (tertiary/aromatic N) is 1. The van der Waals surface area contributed by atoms with Gasteiger partial charge in [0.25, 0.3) is 0 Å². The van der Waals surface area contributed by atoms with Gasteiger partial charge >= 0.3 is 0 Å². The number of pyridine rings is 1. The summed E-state index contributed by atoms with van der Waals surface area (Å²) in [4.78, 5) is 4.23. The van der Waals surface area contributed by atoms with Crippen molar-refractivity contribution in [2.24, 2.45) is 0 Å². The predicted octanol–water partition coefficient (Wildman–Crippen LogP) is 2.39. The third-order valence-corrected chi connectivity index (χ3v) is 3.77. The molecule has 0 spiro atoms. The maximum atomic E-state index is 5.23. The molecule has 0 saturated carbocycles. The Hall–Kier alpha value is -1.35. The van der Waals surface area contributed by atoms with Crippen molar-refractivity contribution in [1.29, 1.82) is 0 Å². The van der Waals surface area contributed by atoms with Gasteiger partial charge < -0.3 is 10.1 Å². The Morgan fingerprint density at radius 2 is 2.24 bits per heavy atom. The van der Waals surface area contributed by atoms with Gasteiger partial charge in [-0.05, 0) is 42.9 Å². The summed E-state index contributed by atoms with van der Waals surface area (Å²) in [5.74, 6) is 0.841. The van der Waals surface area contributed by atoms with Crippen LogP contribution in [0.2, 0.25) is 0 Å². The number of rotatable bonds is 2. The van der Waals surface area contributed by atoms with E-state index in [0.29, 0.717) is 6.04 Å². The minimum absolute atomic E-state index is 0.703. The Morgan fingerprint density at radius 3 is 3.06 bits per heavy atom. The minimum Gasteiger partial charge on any atom is -0.495 e. The highest BCUT2D eigenvalue weighted by Crippen LogP contribution is 2.31. The molecule has 3 aliphatic rings. The maximum Gasteiger partial charge on any atom is 0.137 e. The van der Waals surface area contributed by atoms with Gasteiger partial charge in [0.15, 0.2) is 0 Å². The molecule has 2 atom stereocenters. The van der Waals surface area contributed by atoms with Gasteiger partial charge in [-0.15, -0.1) is 0 Å². The summed E-state index contributed by atoms with van der Waals surface area (Å²) < 4.78 is 5.23. The van der Waals surface area contributed by atoms with Crippen LogP contribution in [0.25, 0.3) is 5.57 Å². The third-order valence-electron chi connectivity index (χ3n) is 3.77. The van der Waals surface area contributed by atoms with Gasteiger partial charge in [-0.1, -0.05) is 6.08 Å². The lowest BCUT2D eigenvalue weighted by atomic mass is 9.84. The number of allylic oxidation sites excluding steroid dienone is 1. The van der Waals surface area contributed by atoms with Crippen molar-refractivity contribution >= 4 is 5.57 Å². The number of hydrogen-bond acceptors (Lipinski definition) is 3. The molecule has 1 N–H and O–H groups in total. The standard InChI is InChI=1S/C14H18N2O/c1-17-14-6-11(8-15-9-14)10-2-4-12-7-13(16-12)5-3-10/h2,6,8-9,12-13,16H,3-5,7H2,1H3. The van der Waals surface area contributed by atoms with E-state index >= 15 is 0 Å². The van der Waals surface area contributed by atoms with E-state index in [1.54, 1.807) is 13.3 Å². The highest BCUT2D eigenvalue weighted by Gasteiger charge is 2.28. The molecule has 3 heterocycles. The number of ether oxygens (including phenoxy) is 1. The van der Waals surface area contributed by atoms with Crippen LogP contribution in [0.5, 0.6) is 5.75 Å². The number of nitrogens with one attached hydrogen (secondary N) is 1. The zero-order valence-corrected chi connectivity index (χ0v) is 10.1. The lowest BCUT2D eigenvalue weighted by Crippen LogP contribution is -2.52. The average molecular weight is 230 g/mol. The Kier molecular flexibility index (Phi) is 2.85. The number of fused-ring (bicyclic) bond motifs is 3. The first-order valence-corrected chi connectivity index (χ1v) is 6.29. The van der Waals surface area contributed by atoms with Crippen molar-refractivity contribution in [2.45, 2.75) is 37.8 Å². The third kappa shape index (κ3) is 2.20. The molecule has 2 bridgehead atoms. The fraction of sp³-hybridized carbons (Fsp3) is 0.500. The largest absolute Gasteiger partial charge is 0.495 e. The van der Waals surface area contributed by atoms with Crippen molar-refractivity contribution in [2.75, 3.05) is 7.11 Å². The number of methoxy groups -OCH3 is 1. The van der Waals surface area contributed by atoms with Gasteiger partial charge in [0.2, 0.25) is 0 Å². The summed E-state index contributed by atoms with van der Waals surface area (Å²) in [5.41, 5.74) is 2.64. The quantitative estimate of drug-likeness (QED) is 0.847. The summed E-state index contributed by atoms with van der Waals surface area (Å²) in [5, 5.41) is 3.59. The minimum atomic E-state index is 0.703. The first-order valence-electron chi connectivity index (χ1n) is 6.29. The molecule has 0 radical (unpaired) electrons. The van der Waals surface area contributed by atoms with Gasteiger partial charge in [-0.25, -0.2) is 0 Å². The zero-order valence-electron chi connectivity index (χ0n) is 10.1. The summed E-state index contributed by atoms with van der Waals surface area (Å²) in [6.45, 7) is 0. The number of hydrogen-bond donors (Lipinski definition) is 1. The smallest absolute Gasteiger partial charge is 0.137 e. The molecule has 4 rings (SSSR count). The van der Waals surface area contributed by atoms with Crippen molar-refractivity contribution in [3.05, 3.63) is 30.1 Å². The van der Waals surface area contributed by atoms with Gasteiger partial charge in [-0.3, -0.25) is 4.98 Å². The molecule has 17 heavy (non-hydrogen) atoms. The molecular weight excluding hydrogens is 212 g/mol. The predicted molar refractivity (Wildman–Crippen MR) is 67.9 cm³/mol. The van der Waals surface area contributed by atoms with Gasteiger partial charge in [0.1, 0.15) is 5.75 Å². The van der Waals surface area contributed by atoms with Gasteiger partial charge in [0.05, 0.1) is 13.3 Å². The average Bonchev–Trinajstić information content (AvgIpc) is 2.26. The second-order valence-electron chi connectivity index (χ2n) is 4.91. The van der Waals surface area contributed by atoms with E-state index in [1.807, 2.05) is 6.20 Å². The maximum absolute atomic E-state index is 5.23. The topological polar surface area (TPSA) is 34.1 Å². The second kappa shape index (κ2) is 4.49. The highest BCUT2D eigenvalue weighted by molar-refractivity contribution is 5.66. The lowest BCUT2D eigenvalue weighted by Gasteiger charge is -2.39. The normalized spacial score (nSPS) is 27.5. The second-order valence-corrected chi connectivity index (χ2v) is 4.91. The Bertz CT molecular complexity index is 436. The van der Waals surface area contributed by atoms with Crippen molar-refractivity contribution < 1.29 is 4.74 Å². The molecule has 2 aliphatic heterocycles. The summed E-state index contributed by atoms with van der Waals surface area (Å²) in [7, 11) is 1.69. The van der Waals surface area contributed by atoms with Crippen LogP contribution in [0.3, 0.4) is 0 Å². The monoisotopic (exact) mass is 230 g/mol. The molecule has 1 aromatic heterocycles. The van der Waals surface area contributed by atoms with E-state index in [9.17, 15) is 0 Å². The van der Waals surface area contributed by atoms with E-state index in [0.717, 1.165) is 24.6 Å². The van der Waals surface area contributed by atoms with Gasteiger partial charge in [-0.2, -0.15) is 0 Å². The van der Waals surface area contributed by atoms with Crippen LogP contribution < -0.4 is 10.1 Å². The first-order chi connectivity index (χ1) is 8.35. The Morgan fingerprint density at radius 1 is 1.35 bits per heavy atom. The molecule has 1 aromatic rings. The van der Waals surface area contributed by atoms with Crippen LogP contribution in [0.15, 0.2) is 24.5 Å². The van der Waals surface area contributed by atoms with E-state index in [1.165, 1.54) is 24.0 Å². The fourth-order valence-corrected chi connectivity index (χ4v) is 2.70. The molecule has 2 unspecified atom stereocenters. The molecule has 1 saturated heterocycles. The van der Waals surface area contributed by atoms with Gasteiger partial charge in [0, 0.05) is 18.3 Å². The molecule has 0 aromatic carbocycles. The molecule has 0 amide bonds. The van der Waals surface area contributed by atoms with Crippen LogP contribution in [0.1, 0.15) is 31.2 Å². The van der Waals surface area contributed by atoms with E-state index in [2.05, 4.69) is 22.4 Å². The van der Waals surface area contributed by atoms with Crippen molar-refractivity contribution in [3.63, 3.8) is 0 Å². The zero-order chi connectivity index (χ0) is 11.7. The SMILES string of the molecule is COc1cncc(C2=CCC3CC(CC2)N3)c1.